The van der Waals surface area contributed by atoms with Crippen LogP contribution in [0.25, 0.3) is 0 Å². The number of rotatable bonds is 15. The summed E-state index contributed by atoms with van der Waals surface area (Å²) in [4.78, 5) is 10.1. The van der Waals surface area contributed by atoms with Crippen molar-refractivity contribution in [3.05, 3.63) is 60.7 Å². The number of nitrogens with zero attached hydrogens (tertiary/aromatic N) is 2. The normalized spacial score (nSPS) is 11.9. The second kappa shape index (κ2) is 18.1. The molecule has 2 aromatic carbocycles. The minimum absolute atomic E-state index is 0. The molecule has 0 amide bonds. The molecule has 31 heavy (non-hydrogen) atoms. The van der Waals surface area contributed by atoms with Gasteiger partial charge < -0.3 is 0 Å². The molecule has 0 aromatic heterocycles. The van der Waals surface area contributed by atoms with E-state index in [4.69, 9.17) is 9.98 Å². The van der Waals surface area contributed by atoms with E-state index in [1.54, 1.807) is 0 Å². The molecule has 0 aliphatic rings. The first kappa shape index (κ1) is 27.5. The van der Waals surface area contributed by atoms with E-state index in [9.17, 15) is 0 Å². The minimum Gasteiger partial charge on any atom is -0.252 e. The van der Waals surface area contributed by atoms with E-state index < -0.39 is 0 Å². The third-order valence-corrected chi connectivity index (χ3v) is 5.41. The molecule has 2 rings (SSSR count). The van der Waals surface area contributed by atoms with Gasteiger partial charge in [-0.05, 0) is 49.9 Å². The molecule has 0 spiro atoms. The Hall–Kier alpha value is -1.56. The third kappa shape index (κ3) is 12.2. The molecule has 0 saturated carbocycles. The van der Waals surface area contributed by atoms with E-state index >= 15 is 0 Å². The van der Waals surface area contributed by atoms with Gasteiger partial charge in [-0.15, -0.1) is 0 Å². The average Bonchev–Trinajstić information content (AvgIpc) is 2.79. The summed E-state index contributed by atoms with van der Waals surface area (Å²) in [7, 11) is 0. The SMILES string of the molecule is CCCCCCCCC(=Nc1ccccc1)C(CCCCCC)=Nc1ccccc1.[Pd]. The van der Waals surface area contributed by atoms with Crippen molar-refractivity contribution in [1.82, 2.24) is 0 Å². The number of unbranched alkanes of at least 4 members (excludes halogenated alkanes) is 8. The van der Waals surface area contributed by atoms with Crippen LogP contribution in [0, 0.1) is 0 Å². The van der Waals surface area contributed by atoms with Gasteiger partial charge >= 0.3 is 0 Å². The number of hydrogen-bond donors (Lipinski definition) is 0. The van der Waals surface area contributed by atoms with Crippen LogP contribution in [0.15, 0.2) is 70.6 Å². The molecule has 3 heteroatoms. The fraction of sp³-hybridized carbons (Fsp3) is 0.500. The van der Waals surface area contributed by atoms with Crippen molar-refractivity contribution in [2.75, 3.05) is 0 Å². The number of para-hydroxylation sites is 2. The quantitative estimate of drug-likeness (QED) is 0.129. The van der Waals surface area contributed by atoms with Gasteiger partial charge in [-0.1, -0.05) is 102 Å². The Bertz CT molecular complexity index is 738. The molecule has 0 aliphatic carbocycles. The van der Waals surface area contributed by atoms with Gasteiger partial charge in [0.25, 0.3) is 0 Å². The second-order valence-electron chi connectivity index (χ2n) is 8.12. The molecule has 0 aliphatic heterocycles. The first-order valence-corrected chi connectivity index (χ1v) is 12.1. The predicted molar refractivity (Wildman–Crippen MR) is 134 cm³/mol. The summed E-state index contributed by atoms with van der Waals surface area (Å²) in [6.45, 7) is 4.54. The smallest absolute Gasteiger partial charge is 0.0633 e. The van der Waals surface area contributed by atoms with E-state index in [1.165, 1.54) is 75.6 Å². The Balaban J connectivity index is 0.00000480. The van der Waals surface area contributed by atoms with Crippen LogP contribution in [0.2, 0.25) is 0 Å². The van der Waals surface area contributed by atoms with Crippen molar-refractivity contribution in [2.45, 2.75) is 90.9 Å². The zero-order valence-electron chi connectivity index (χ0n) is 19.5. The van der Waals surface area contributed by atoms with Crippen molar-refractivity contribution < 1.29 is 20.4 Å². The van der Waals surface area contributed by atoms with E-state index in [-0.39, 0.29) is 20.4 Å². The summed E-state index contributed by atoms with van der Waals surface area (Å²) in [5.41, 5.74) is 4.42. The molecule has 172 valence electrons. The van der Waals surface area contributed by atoms with Crippen LogP contribution < -0.4 is 0 Å². The van der Waals surface area contributed by atoms with Crippen molar-refractivity contribution in [2.24, 2.45) is 9.98 Å². The van der Waals surface area contributed by atoms with Crippen LogP contribution in [-0.4, -0.2) is 11.4 Å². The van der Waals surface area contributed by atoms with Gasteiger partial charge in [-0.3, -0.25) is 9.98 Å². The topological polar surface area (TPSA) is 24.7 Å². The summed E-state index contributed by atoms with van der Waals surface area (Å²) in [6, 6.07) is 20.7. The van der Waals surface area contributed by atoms with Gasteiger partial charge in [-0.2, -0.15) is 0 Å². The van der Waals surface area contributed by atoms with Gasteiger partial charge in [0.15, 0.2) is 0 Å². The summed E-state index contributed by atoms with van der Waals surface area (Å²) in [5, 5.41) is 0. The summed E-state index contributed by atoms with van der Waals surface area (Å²) in [6.07, 6.45) is 14.8. The Morgan fingerprint density at radius 3 is 1.29 bits per heavy atom. The van der Waals surface area contributed by atoms with E-state index in [2.05, 4.69) is 74.5 Å². The molecule has 0 fully saturated rings. The molecular formula is C28H40N2Pd. The van der Waals surface area contributed by atoms with E-state index in [0.29, 0.717) is 0 Å². The molecule has 0 unspecified atom stereocenters. The van der Waals surface area contributed by atoms with Crippen LogP contribution in [0.5, 0.6) is 0 Å². The van der Waals surface area contributed by atoms with Crippen LogP contribution in [-0.2, 0) is 20.4 Å². The summed E-state index contributed by atoms with van der Waals surface area (Å²) < 4.78 is 0. The fourth-order valence-electron chi connectivity index (χ4n) is 3.64. The minimum atomic E-state index is 0. The molecular weight excluding hydrogens is 471 g/mol. The molecule has 0 saturated heterocycles. The average molecular weight is 511 g/mol. The second-order valence-corrected chi connectivity index (χ2v) is 8.12. The predicted octanol–water partition coefficient (Wildman–Crippen LogP) is 9.25. The standard InChI is InChI=1S/C28H40N2.Pd/c1-3-5-7-9-10-18-24-28(30-26-21-15-12-16-22-26)27(23-17-8-6-4-2)29-25-19-13-11-14-20-25;/h11-16,19-22H,3-10,17-18,23-24H2,1-2H3;. The van der Waals surface area contributed by atoms with E-state index in [1.807, 2.05) is 0 Å². The Labute approximate surface area is 204 Å². The zero-order chi connectivity index (χ0) is 21.3. The van der Waals surface area contributed by atoms with Crippen LogP contribution in [0.1, 0.15) is 90.9 Å². The van der Waals surface area contributed by atoms with Crippen LogP contribution in [0.4, 0.5) is 11.4 Å². The molecule has 2 nitrogen and oxygen atoms in total. The Morgan fingerprint density at radius 1 is 0.516 bits per heavy atom. The summed E-state index contributed by atoms with van der Waals surface area (Å²) >= 11 is 0. The molecule has 0 heterocycles. The maximum absolute atomic E-state index is 5.07. The fourth-order valence-corrected chi connectivity index (χ4v) is 3.64. The van der Waals surface area contributed by atoms with Gasteiger partial charge in [-0.25, -0.2) is 0 Å². The van der Waals surface area contributed by atoms with Crippen molar-refractivity contribution in [1.29, 1.82) is 0 Å². The molecule has 2 aromatic rings. The molecule has 0 radical (unpaired) electrons. The Kier molecular flexibility index (Phi) is 16.0. The number of aliphatic imine (C=N–C) groups is 2. The maximum atomic E-state index is 5.07. The van der Waals surface area contributed by atoms with Crippen LogP contribution >= 0.6 is 0 Å². The van der Waals surface area contributed by atoms with Gasteiger partial charge in [0.1, 0.15) is 0 Å². The largest absolute Gasteiger partial charge is 0.252 e. The van der Waals surface area contributed by atoms with Crippen molar-refractivity contribution in [3.63, 3.8) is 0 Å². The van der Waals surface area contributed by atoms with Gasteiger partial charge in [0.2, 0.25) is 0 Å². The Morgan fingerprint density at radius 2 is 0.871 bits per heavy atom. The molecule has 0 bridgehead atoms. The number of hydrogen-bond acceptors (Lipinski definition) is 2. The van der Waals surface area contributed by atoms with Crippen LogP contribution in [0.3, 0.4) is 0 Å². The molecule has 0 N–H and O–H groups in total. The maximum Gasteiger partial charge on any atom is 0.0633 e. The third-order valence-electron chi connectivity index (χ3n) is 5.41. The van der Waals surface area contributed by atoms with Crippen molar-refractivity contribution >= 4 is 22.8 Å². The van der Waals surface area contributed by atoms with Gasteiger partial charge in [0.05, 0.1) is 22.8 Å². The first-order valence-electron chi connectivity index (χ1n) is 12.1. The first-order chi connectivity index (χ1) is 14.8. The van der Waals surface area contributed by atoms with Crippen molar-refractivity contribution in [3.8, 4) is 0 Å². The molecule has 0 atom stereocenters. The van der Waals surface area contributed by atoms with Gasteiger partial charge in [0, 0.05) is 20.4 Å². The monoisotopic (exact) mass is 510 g/mol. The summed E-state index contributed by atoms with van der Waals surface area (Å²) in [5.74, 6) is 0. The number of benzene rings is 2. The zero-order valence-corrected chi connectivity index (χ0v) is 21.0. The van der Waals surface area contributed by atoms with E-state index in [0.717, 1.165) is 24.2 Å².